The highest BCUT2D eigenvalue weighted by molar-refractivity contribution is 6.04. The summed E-state index contributed by atoms with van der Waals surface area (Å²) < 4.78 is 107. The zero-order valence-electron chi connectivity index (χ0n) is 20.9. The van der Waals surface area contributed by atoms with Crippen LogP contribution in [0.5, 0.6) is 5.75 Å². The molecule has 0 aliphatic heterocycles. The molecule has 2 heterocycles. The normalized spacial score (nSPS) is 11.3. The molecule has 0 fully saturated rings. The first-order valence-corrected chi connectivity index (χ1v) is 11.5. The second-order valence-corrected chi connectivity index (χ2v) is 8.18. The third-order valence-corrected chi connectivity index (χ3v) is 5.15. The van der Waals surface area contributed by atoms with Gasteiger partial charge in [0.05, 0.1) is 17.8 Å². The van der Waals surface area contributed by atoms with E-state index in [4.69, 9.17) is 14.6 Å². The number of pyridine rings is 1. The molecule has 2 aromatic carbocycles. The molecule has 16 heteroatoms. The minimum Gasteiger partial charge on any atom is -0.487 e. The Bertz CT molecular complexity index is 1520. The number of aliphatic carboxylic acids is 1. The molecule has 0 radical (unpaired) electrons. The molecular weight excluding hydrogens is 584 g/mol. The summed E-state index contributed by atoms with van der Waals surface area (Å²) in [5.74, 6) is -6.00. The van der Waals surface area contributed by atoms with Crippen LogP contribution in [-0.4, -0.2) is 37.9 Å². The topological polar surface area (TPSA) is 106 Å². The number of carbonyl (C=O) groups is 2. The zero-order valence-corrected chi connectivity index (χ0v) is 20.9. The van der Waals surface area contributed by atoms with E-state index in [0.29, 0.717) is 5.69 Å². The van der Waals surface area contributed by atoms with Crippen molar-refractivity contribution in [1.82, 2.24) is 14.8 Å². The Morgan fingerprint density at radius 2 is 1.60 bits per heavy atom. The van der Waals surface area contributed by atoms with Gasteiger partial charge in [-0.3, -0.25) is 14.5 Å². The standard InChI is InChI=1S/C24H17F5N4O2.C2HF3O2/c25-19-5-3-6-20(26)22(19)23(34)31-21-9-11-33(32-21)13-15-7-8-17(12-18(15)24(27,28)29)35-14-16-4-1-2-10-30-16;3-2(4,5)1(6)7/h1-12H,13-14H2,(H,31,32,34);(H,6,7). The molecule has 0 saturated carbocycles. The quantitative estimate of drug-likeness (QED) is 0.248. The van der Waals surface area contributed by atoms with Crippen molar-refractivity contribution in [3.8, 4) is 5.75 Å². The molecule has 1 amide bonds. The first-order valence-electron chi connectivity index (χ1n) is 11.5. The SMILES string of the molecule is O=C(Nc1ccn(Cc2ccc(OCc3ccccn3)cc2C(F)(F)F)n1)c1c(F)cccc1F.O=C(O)C(F)(F)F. The van der Waals surface area contributed by atoms with E-state index in [1.54, 1.807) is 24.4 Å². The van der Waals surface area contributed by atoms with Gasteiger partial charge in [0.2, 0.25) is 0 Å². The number of hydrogen-bond donors (Lipinski definition) is 2. The third-order valence-electron chi connectivity index (χ3n) is 5.15. The predicted octanol–water partition coefficient (Wildman–Crippen LogP) is 6.09. The summed E-state index contributed by atoms with van der Waals surface area (Å²) in [4.78, 5) is 25.2. The number of anilines is 1. The molecule has 8 nitrogen and oxygen atoms in total. The Kier molecular flexibility index (Phi) is 9.82. The number of nitrogens with zero attached hydrogens (tertiary/aromatic N) is 3. The molecule has 0 unspecified atom stereocenters. The van der Waals surface area contributed by atoms with Crippen LogP contribution in [0.25, 0.3) is 0 Å². The van der Waals surface area contributed by atoms with Crippen LogP contribution < -0.4 is 10.1 Å². The van der Waals surface area contributed by atoms with Gasteiger partial charge >= 0.3 is 18.3 Å². The fraction of sp³-hybridized carbons (Fsp3) is 0.154. The lowest BCUT2D eigenvalue weighted by atomic mass is 10.1. The van der Waals surface area contributed by atoms with E-state index < -0.39 is 47.0 Å². The molecule has 4 aromatic rings. The fourth-order valence-corrected chi connectivity index (χ4v) is 3.27. The number of amides is 1. The highest BCUT2D eigenvalue weighted by atomic mass is 19.4. The summed E-state index contributed by atoms with van der Waals surface area (Å²) in [5.41, 5.74) is -1.23. The maximum absolute atomic E-state index is 13.8. The van der Waals surface area contributed by atoms with Gasteiger partial charge in [-0.2, -0.15) is 31.4 Å². The summed E-state index contributed by atoms with van der Waals surface area (Å²) in [5, 5.41) is 13.3. The van der Waals surface area contributed by atoms with Gasteiger partial charge in [-0.05, 0) is 42.0 Å². The third kappa shape index (κ3) is 8.74. The number of carboxylic acid groups (broad SMARTS) is 1. The lowest BCUT2D eigenvalue weighted by Crippen LogP contribution is -2.21. The number of rotatable bonds is 7. The van der Waals surface area contributed by atoms with Crippen LogP contribution in [-0.2, 0) is 24.1 Å². The van der Waals surface area contributed by atoms with E-state index in [0.717, 1.165) is 28.9 Å². The summed E-state index contributed by atoms with van der Waals surface area (Å²) in [6.07, 6.45) is -6.86. The van der Waals surface area contributed by atoms with E-state index >= 15 is 0 Å². The number of carboxylic acids is 1. The Morgan fingerprint density at radius 3 is 2.17 bits per heavy atom. The molecule has 0 saturated heterocycles. The van der Waals surface area contributed by atoms with Gasteiger partial charge in [-0.1, -0.05) is 18.2 Å². The monoisotopic (exact) mass is 602 g/mol. The molecule has 222 valence electrons. The largest absolute Gasteiger partial charge is 0.490 e. The van der Waals surface area contributed by atoms with Crippen molar-refractivity contribution in [2.24, 2.45) is 0 Å². The molecule has 0 aliphatic carbocycles. The van der Waals surface area contributed by atoms with Gasteiger partial charge in [-0.15, -0.1) is 0 Å². The highest BCUT2D eigenvalue weighted by Crippen LogP contribution is 2.35. The van der Waals surface area contributed by atoms with Gasteiger partial charge in [0, 0.05) is 18.5 Å². The average Bonchev–Trinajstić information content (AvgIpc) is 3.34. The van der Waals surface area contributed by atoms with E-state index in [-0.39, 0.29) is 30.3 Å². The van der Waals surface area contributed by atoms with E-state index in [1.807, 2.05) is 0 Å². The summed E-state index contributed by atoms with van der Waals surface area (Å²) in [6.45, 7) is -0.276. The smallest absolute Gasteiger partial charge is 0.487 e. The van der Waals surface area contributed by atoms with Crippen molar-refractivity contribution in [2.75, 3.05) is 5.32 Å². The van der Waals surface area contributed by atoms with Crippen molar-refractivity contribution in [1.29, 1.82) is 0 Å². The van der Waals surface area contributed by atoms with Crippen molar-refractivity contribution in [3.63, 3.8) is 0 Å². The molecule has 0 bridgehead atoms. The lowest BCUT2D eigenvalue weighted by Gasteiger charge is -2.15. The number of nitrogens with one attached hydrogen (secondary N) is 1. The van der Waals surface area contributed by atoms with Gasteiger partial charge in [-0.25, -0.2) is 13.6 Å². The Balaban J connectivity index is 0.000000616. The predicted molar refractivity (Wildman–Crippen MR) is 129 cm³/mol. The Hall–Kier alpha value is -5.02. The fourth-order valence-electron chi connectivity index (χ4n) is 3.27. The van der Waals surface area contributed by atoms with Crippen LogP contribution in [0, 0.1) is 11.6 Å². The molecule has 2 N–H and O–H groups in total. The Labute approximate surface area is 231 Å². The minimum atomic E-state index is -5.08. The van der Waals surface area contributed by atoms with Gasteiger partial charge in [0.25, 0.3) is 5.91 Å². The van der Waals surface area contributed by atoms with Crippen LogP contribution in [0.15, 0.2) is 73.1 Å². The lowest BCUT2D eigenvalue weighted by molar-refractivity contribution is -0.192. The van der Waals surface area contributed by atoms with Gasteiger partial charge < -0.3 is 15.2 Å². The molecule has 0 atom stereocenters. The molecule has 0 spiro atoms. The average molecular weight is 602 g/mol. The van der Waals surface area contributed by atoms with E-state index in [1.165, 1.54) is 24.4 Å². The van der Waals surface area contributed by atoms with Crippen LogP contribution in [0.2, 0.25) is 0 Å². The molecule has 42 heavy (non-hydrogen) atoms. The van der Waals surface area contributed by atoms with Crippen LogP contribution in [0.4, 0.5) is 40.9 Å². The van der Waals surface area contributed by atoms with Crippen molar-refractivity contribution in [2.45, 2.75) is 25.5 Å². The molecule has 2 aromatic heterocycles. The molecule has 0 aliphatic rings. The number of hydrogen-bond acceptors (Lipinski definition) is 5. The van der Waals surface area contributed by atoms with Gasteiger partial charge in [0.1, 0.15) is 29.6 Å². The number of aromatic nitrogens is 3. The highest BCUT2D eigenvalue weighted by Gasteiger charge is 2.38. The molecule has 4 rings (SSSR count). The summed E-state index contributed by atoms with van der Waals surface area (Å²) >= 11 is 0. The number of benzene rings is 2. The molecular formula is C26H18F8N4O4. The second-order valence-electron chi connectivity index (χ2n) is 8.18. The van der Waals surface area contributed by atoms with Crippen molar-refractivity contribution in [3.05, 3.63) is 107 Å². The maximum Gasteiger partial charge on any atom is 0.490 e. The van der Waals surface area contributed by atoms with Crippen LogP contribution in [0.3, 0.4) is 0 Å². The van der Waals surface area contributed by atoms with Crippen LogP contribution >= 0.6 is 0 Å². The summed E-state index contributed by atoms with van der Waals surface area (Å²) in [7, 11) is 0. The first kappa shape index (κ1) is 31.5. The van der Waals surface area contributed by atoms with E-state index in [9.17, 15) is 39.9 Å². The number of ether oxygens (including phenoxy) is 1. The minimum absolute atomic E-state index is 0.00228. The van der Waals surface area contributed by atoms with E-state index in [2.05, 4.69) is 15.4 Å². The maximum atomic E-state index is 13.8. The Morgan fingerprint density at radius 1 is 0.929 bits per heavy atom. The van der Waals surface area contributed by atoms with Gasteiger partial charge in [0.15, 0.2) is 5.82 Å². The zero-order chi connectivity index (χ0) is 31.1. The first-order chi connectivity index (χ1) is 19.6. The summed E-state index contributed by atoms with van der Waals surface area (Å²) in [6, 6.07) is 13.0. The van der Waals surface area contributed by atoms with Crippen LogP contribution in [0.1, 0.15) is 27.2 Å². The second kappa shape index (κ2) is 13.1. The van der Waals surface area contributed by atoms with Crippen molar-refractivity contribution >= 4 is 17.7 Å². The number of carbonyl (C=O) groups excluding carboxylic acids is 1. The number of halogens is 8. The number of alkyl halides is 6. The van der Waals surface area contributed by atoms with Crippen molar-refractivity contribution < 1.29 is 54.6 Å².